The molecule has 0 bridgehead atoms. The molecule has 0 spiro atoms. The Labute approximate surface area is 79.2 Å². The Balaban J connectivity index is 3.03. The molecule has 0 amide bonds. The summed E-state index contributed by atoms with van der Waals surface area (Å²) < 4.78 is 26.8. The van der Waals surface area contributed by atoms with E-state index < -0.39 is 17.7 Å². The fourth-order valence-electron chi connectivity index (χ4n) is 1.17. The Morgan fingerprint density at radius 1 is 1.71 bits per heavy atom. The summed E-state index contributed by atoms with van der Waals surface area (Å²) in [6, 6.07) is 0. The molecular formula is C8H10F2N2O2. The molecule has 1 heterocycles. The average molecular weight is 204 g/mol. The van der Waals surface area contributed by atoms with Crippen molar-refractivity contribution in [2.75, 3.05) is 0 Å². The van der Waals surface area contributed by atoms with Gasteiger partial charge >= 0.3 is 11.9 Å². The fourth-order valence-corrected chi connectivity index (χ4v) is 1.17. The molecule has 0 unspecified atom stereocenters. The van der Waals surface area contributed by atoms with Crippen LogP contribution in [0.5, 0.6) is 0 Å². The molecule has 6 heteroatoms. The summed E-state index contributed by atoms with van der Waals surface area (Å²) in [5.41, 5.74) is 0.258. The lowest BCUT2D eigenvalue weighted by Crippen LogP contribution is -2.16. The molecule has 1 aromatic heterocycles. The zero-order valence-electron chi connectivity index (χ0n) is 7.79. The van der Waals surface area contributed by atoms with Crippen LogP contribution in [0.4, 0.5) is 8.78 Å². The molecule has 4 nitrogen and oxygen atoms in total. The number of carboxylic acid groups (broad SMARTS) is 1. The molecular weight excluding hydrogens is 194 g/mol. The van der Waals surface area contributed by atoms with Crippen molar-refractivity contribution in [2.45, 2.75) is 19.3 Å². The summed E-state index contributed by atoms with van der Waals surface area (Å²) >= 11 is 0. The second kappa shape index (κ2) is 3.36. The number of rotatable bonds is 3. The van der Waals surface area contributed by atoms with Gasteiger partial charge in [-0.2, -0.15) is 8.78 Å². The zero-order valence-corrected chi connectivity index (χ0v) is 7.79. The van der Waals surface area contributed by atoms with Crippen molar-refractivity contribution < 1.29 is 18.7 Å². The normalized spacial score (nSPS) is 11.7. The Bertz CT molecular complexity index is 355. The minimum atomic E-state index is -3.05. The smallest absolute Gasteiger partial charge is 0.309 e. The van der Waals surface area contributed by atoms with E-state index in [4.69, 9.17) is 5.11 Å². The summed E-state index contributed by atoms with van der Waals surface area (Å²) in [7, 11) is 1.37. The van der Waals surface area contributed by atoms with Crippen LogP contribution < -0.4 is 0 Å². The first-order chi connectivity index (χ1) is 6.32. The van der Waals surface area contributed by atoms with E-state index in [1.165, 1.54) is 7.05 Å². The molecule has 0 radical (unpaired) electrons. The number of halogens is 2. The second-order valence-corrected chi connectivity index (χ2v) is 3.09. The van der Waals surface area contributed by atoms with Crippen molar-refractivity contribution >= 4 is 5.97 Å². The molecule has 1 rings (SSSR count). The van der Waals surface area contributed by atoms with Crippen molar-refractivity contribution in [3.05, 3.63) is 17.7 Å². The third-order valence-corrected chi connectivity index (χ3v) is 1.81. The molecule has 0 saturated carbocycles. The fraction of sp³-hybridized carbons (Fsp3) is 0.500. The predicted molar refractivity (Wildman–Crippen MR) is 44.1 cm³/mol. The summed E-state index contributed by atoms with van der Waals surface area (Å²) in [5.74, 6) is -4.54. The molecule has 0 aliphatic rings. The van der Waals surface area contributed by atoms with Gasteiger partial charge in [-0.15, -0.1) is 0 Å². The SMILES string of the molecule is Cn1c(CC(=O)O)cnc1C(C)(F)F. The topological polar surface area (TPSA) is 55.1 Å². The van der Waals surface area contributed by atoms with Crippen LogP contribution in [0.3, 0.4) is 0 Å². The molecule has 1 aromatic rings. The van der Waals surface area contributed by atoms with Crippen molar-refractivity contribution in [1.29, 1.82) is 0 Å². The maximum Gasteiger partial charge on any atom is 0.309 e. The van der Waals surface area contributed by atoms with Gasteiger partial charge in [0.05, 0.1) is 6.42 Å². The van der Waals surface area contributed by atoms with Crippen LogP contribution in [0.2, 0.25) is 0 Å². The molecule has 1 N–H and O–H groups in total. The van der Waals surface area contributed by atoms with Crippen molar-refractivity contribution in [2.24, 2.45) is 7.05 Å². The number of aliphatic carboxylic acids is 1. The van der Waals surface area contributed by atoms with E-state index >= 15 is 0 Å². The first kappa shape index (κ1) is 10.6. The maximum atomic E-state index is 12.8. The standard InChI is InChI=1S/C8H10F2N2O2/c1-8(9,10)7-11-4-5(12(7)2)3-6(13)14/h4H,3H2,1-2H3,(H,13,14). The summed E-state index contributed by atoms with van der Waals surface area (Å²) in [6.07, 6.45) is 0.848. The Morgan fingerprint density at radius 3 is 2.64 bits per heavy atom. The first-order valence-electron chi connectivity index (χ1n) is 3.93. The number of hydrogen-bond donors (Lipinski definition) is 1. The van der Waals surface area contributed by atoms with Crippen LogP contribution in [-0.4, -0.2) is 20.6 Å². The lowest BCUT2D eigenvalue weighted by molar-refractivity contribution is -0.136. The quantitative estimate of drug-likeness (QED) is 0.803. The Kier molecular flexibility index (Phi) is 2.55. The monoisotopic (exact) mass is 204 g/mol. The third kappa shape index (κ3) is 2.07. The number of carboxylic acids is 1. The molecule has 14 heavy (non-hydrogen) atoms. The predicted octanol–water partition coefficient (Wildman–Crippen LogP) is 1.16. The van der Waals surface area contributed by atoms with Gasteiger partial charge in [-0.3, -0.25) is 4.79 Å². The highest BCUT2D eigenvalue weighted by Crippen LogP contribution is 2.25. The van der Waals surface area contributed by atoms with Crippen molar-refractivity contribution in [3.8, 4) is 0 Å². The van der Waals surface area contributed by atoms with Gasteiger partial charge in [0.1, 0.15) is 0 Å². The van der Waals surface area contributed by atoms with Gasteiger partial charge < -0.3 is 9.67 Å². The number of nitrogens with zero attached hydrogens (tertiary/aromatic N) is 2. The molecule has 0 fully saturated rings. The van der Waals surface area contributed by atoms with Crippen LogP contribution >= 0.6 is 0 Å². The van der Waals surface area contributed by atoms with Gasteiger partial charge in [0.2, 0.25) is 0 Å². The van der Waals surface area contributed by atoms with Crippen LogP contribution in [-0.2, 0) is 24.2 Å². The van der Waals surface area contributed by atoms with Gasteiger partial charge in [-0.25, -0.2) is 4.98 Å². The maximum absolute atomic E-state index is 12.8. The Morgan fingerprint density at radius 2 is 2.29 bits per heavy atom. The van der Waals surface area contributed by atoms with E-state index in [2.05, 4.69) is 4.98 Å². The van der Waals surface area contributed by atoms with Crippen LogP contribution in [0, 0.1) is 0 Å². The van der Waals surface area contributed by atoms with Crippen LogP contribution in [0.25, 0.3) is 0 Å². The summed E-state index contributed by atoms with van der Waals surface area (Å²) in [4.78, 5) is 13.8. The molecule has 0 saturated heterocycles. The molecule has 78 valence electrons. The molecule has 0 atom stereocenters. The highest BCUT2D eigenvalue weighted by Gasteiger charge is 2.30. The van der Waals surface area contributed by atoms with E-state index in [1.807, 2.05) is 0 Å². The van der Waals surface area contributed by atoms with Gasteiger partial charge in [0, 0.05) is 25.9 Å². The number of carbonyl (C=O) groups is 1. The summed E-state index contributed by atoms with van der Waals surface area (Å²) in [5, 5.41) is 8.47. The minimum Gasteiger partial charge on any atom is -0.481 e. The lowest BCUT2D eigenvalue weighted by Gasteiger charge is -2.10. The highest BCUT2D eigenvalue weighted by atomic mass is 19.3. The van der Waals surface area contributed by atoms with E-state index in [1.54, 1.807) is 0 Å². The second-order valence-electron chi connectivity index (χ2n) is 3.09. The number of hydrogen-bond acceptors (Lipinski definition) is 2. The minimum absolute atomic E-state index is 0.258. The zero-order chi connectivity index (χ0) is 10.9. The van der Waals surface area contributed by atoms with E-state index in [0.29, 0.717) is 0 Å². The van der Waals surface area contributed by atoms with Gasteiger partial charge in [-0.1, -0.05) is 0 Å². The van der Waals surface area contributed by atoms with E-state index in [0.717, 1.165) is 17.7 Å². The Hall–Kier alpha value is -1.46. The molecule has 0 aromatic carbocycles. The number of aromatic nitrogens is 2. The highest BCUT2D eigenvalue weighted by molar-refractivity contribution is 5.69. The largest absolute Gasteiger partial charge is 0.481 e. The van der Waals surface area contributed by atoms with Gasteiger partial charge in [-0.05, 0) is 0 Å². The van der Waals surface area contributed by atoms with Crippen LogP contribution in [0.15, 0.2) is 6.20 Å². The number of imidazole rings is 1. The molecule has 0 aliphatic carbocycles. The average Bonchev–Trinajstić information content (AvgIpc) is 2.30. The van der Waals surface area contributed by atoms with Gasteiger partial charge in [0.15, 0.2) is 5.82 Å². The lowest BCUT2D eigenvalue weighted by atomic mass is 10.3. The van der Waals surface area contributed by atoms with E-state index in [-0.39, 0.29) is 12.1 Å². The van der Waals surface area contributed by atoms with Crippen LogP contribution in [0.1, 0.15) is 18.4 Å². The van der Waals surface area contributed by atoms with Crippen molar-refractivity contribution in [1.82, 2.24) is 9.55 Å². The molecule has 0 aliphatic heterocycles. The van der Waals surface area contributed by atoms with Crippen molar-refractivity contribution in [3.63, 3.8) is 0 Å². The number of alkyl halides is 2. The summed E-state index contributed by atoms with van der Waals surface area (Å²) in [6.45, 7) is 0.722. The third-order valence-electron chi connectivity index (χ3n) is 1.81. The van der Waals surface area contributed by atoms with Gasteiger partial charge in [0.25, 0.3) is 0 Å². The van der Waals surface area contributed by atoms with E-state index in [9.17, 15) is 13.6 Å². The first-order valence-corrected chi connectivity index (χ1v) is 3.93.